The fraction of sp³-hybridized carbons (Fsp3) is 0.562. The Morgan fingerprint density at radius 3 is 0.889 bits per heavy atom. The summed E-state index contributed by atoms with van der Waals surface area (Å²) >= 11 is 7.80. The van der Waals surface area contributed by atoms with Crippen molar-refractivity contribution < 1.29 is 0 Å². The normalized spacial score (nSPS) is 13.7. The third-order valence-electron chi connectivity index (χ3n) is 9.64. The summed E-state index contributed by atoms with van der Waals surface area (Å²) in [5.41, 5.74) is 3.91. The molecule has 0 nitrogen and oxygen atoms in total. The van der Waals surface area contributed by atoms with Crippen molar-refractivity contribution in [1.29, 1.82) is 0 Å². The lowest BCUT2D eigenvalue weighted by molar-refractivity contribution is 0.835. The highest BCUT2D eigenvalue weighted by Crippen LogP contribution is 2.47. The summed E-state index contributed by atoms with van der Waals surface area (Å²) in [5, 5.41) is 9.50. The van der Waals surface area contributed by atoms with Gasteiger partial charge in [0.25, 0.3) is 0 Å². The third kappa shape index (κ3) is 4.44. The number of hydrogen-bond donors (Lipinski definition) is 0. The van der Waals surface area contributed by atoms with Crippen molar-refractivity contribution >= 4 is 79.9 Å². The number of hydrogen-bond acceptors (Lipinski definition) is 0. The highest BCUT2D eigenvalue weighted by Gasteiger charge is 2.50. The molecular weight excluding hydrogens is 600 g/mol. The van der Waals surface area contributed by atoms with E-state index < -0.39 is 16.1 Å². The average molecular weight is 649 g/mol. The van der Waals surface area contributed by atoms with E-state index in [1.165, 1.54) is 30.5 Å². The van der Waals surface area contributed by atoms with Gasteiger partial charge >= 0.3 is 0 Å². The molecule has 3 rings (SSSR count). The average Bonchev–Trinajstić information content (AvgIpc) is 2.74. The van der Waals surface area contributed by atoms with Crippen molar-refractivity contribution in [2.75, 3.05) is 0 Å². The van der Waals surface area contributed by atoms with Crippen molar-refractivity contribution in [1.82, 2.24) is 0 Å². The monoisotopic (exact) mass is 646 g/mol. The van der Waals surface area contributed by atoms with Crippen LogP contribution in [0.5, 0.6) is 0 Å². The minimum atomic E-state index is -1.96. The van der Waals surface area contributed by atoms with E-state index in [1.807, 2.05) is 0 Å². The van der Waals surface area contributed by atoms with Gasteiger partial charge in [0.2, 0.25) is 0 Å². The van der Waals surface area contributed by atoms with Gasteiger partial charge in [-0.3, -0.25) is 0 Å². The van der Waals surface area contributed by atoms with Crippen LogP contribution in [-0.4, -0.2) is 16.1 Å². The van der Waals surface area contributed by atoms with Gasteiger partial charge < -0.3 is 0 Å². The zero-order chi connectivity index (χ0) is 27.3. The standard InChI is InChI=1S/C32H48Br2Si2/c1-19(2)35(20(3)4,21(5)6)31-27-15-13-26(34)18-30(27)32(28-16-14-25(33)17-29(28)31)36(22(7)8,23(9)10)24(11)12/h13-24H,1-12H3. The Balaban J connectivity index is 2.83. The van der Waals surface area contributed by atoms with E-state index >= 15 is 0 Å². The summed E-state index contributed by atoms with van der Waals surface area (Å²) in [6.45, 7) is 30.0. The topological polar surface area (TPSA) is 0 Å². The maximum absolute atomic E-state index is 3.90. The first-order chi connectivity index (χ1) is 16.7. The highest BCUT2D eigenvalue weighted by atomic mass is 79.9. The minimum absolute atomic E-state index is 0.652. The molecule has 0 saturated carbocycles. The first-order valence-electron chi connectivity index (χ1n) is 14.0. The number of fused-ring (bicyclic) bond motifs is 2. The molecule has 0 spiro atoms. The van der Waals surface area contributed by atoms with E-state index in [9.17, 15) is 0 Å². The van der Waals surface area contributed by atoms with Crippen LogP contribution < -0.4 is 10.4 Å². The lowest BCUT2D eigenvalue weighted by Crippen LogP contribution is -2.59. The molecule has 0 N–H and O–H groups in total. The molecule has 0 aliphatic carbocycles. The smallest absolute Gasteiger partial charge is 0.0648 e. The van der Waals surface area contributed by atoms with Gasteiger partial charge in [-0.2, -0.15) is 0 Å². The summed E-state index contributed by atoms with van der Waals surface area (Å²) in [6.07, 6.45) is 0. The van der Waals surface area contributed by atoms with Crippen LogP contribution in [0.15, 0.2) is 45.3 Å². The summed E-state index contributed by atoms with van der Waals surface area (Å²) < 4.78 is 2.40. The Bertz CT molecular complexity index is 1100. The Hall–Kier alpha value is -0.426. The van der Waals surface area contributed by atoms with Gasteiger partial charge in [0.15, 0.2) is 0 Å². The van der Waals surface area contributed by atoms with Gasteiger partial charge in [-0.1, -0.05) is 127 Å². The first kappa shape index (κ1) is 30.1. The van der Waals surface area contributed by atoms with E-state index in [0.717, 1.165) is 0 Å². The fourth-order valence-electron chi connectivity index (χ4n) is 8.84. The van der Waals surface area contributed by atoms with Gasteiger partial charge in [-0.05, 0) is 89.4 Å². The van der Waals surface area contributed by atoms with Crippen molar-refractivity contribution in [2.45, 2.75) is 116 Å². The number of rotatable bonds is 8. The Kier molecular flexibility index (Phi) is 9.19. The van der Waals surface area contributed by atoms with Gasteiger partial charge in [-0.25, -0.2) is 0 Å². The molecule has 0 radical (unpaired) electrons. The summed E-state index contributed by atoms with van der Waals surface area (Å²) in [4.78, 5) is 0. The molecule has 0 unspecified atom stereocenters. The molecular formula is C32H48Br2Si2. The van der Waals surface area contributed by atoms with E-state index in [1.54, 1.807) is 10.4 Å². The van der Waals surface area contributed by atoms with Crippen LogP contribution in [-0.2, 0) is 0 Å². The van der Waals surface area contributed by atoms with Crippen LogP contribution in [0.2, 0.25) is 33.2 Å². The third-order valence-corrected chi connectivity index (χ3v) is 24.9. The quantitative estimate of drug-likeness (QED) is 0.168. The molecule has 3 aromatic carbocycles. The molecule has 3 aromatic rings. The summed E-state index contributed by atoms with van der Waals surface area (Å²) in [6, 6.07) is 14.5. The molecule has 0 bridgehead atoms. The van der Waals surface area contributed by atoms with E-state index in [0.29, 0.717) is 33.2 Å². The van der Waals surface area contributed by atoms with Crippen LogP contribution in [0.25, 0.3) is 21.5 Å². The second-order valence-corrected chi connectivity index (χ2v) is 26.4. The molecule has 0 aromatic heterocycles. The van der Waals surface area contributed by atoms with E-state index in [-0.39, 0.29) is 0 Å². The van der Waals surface area contributed by atoms with E-state index in [2.05, 4.69) is 151 Å². The Morgan fingerprint density at radius 2 is 0.667 bits per heavy atom. The predicted molar refractivity (Wildman–Crippen MR) is 178 cm³/mol. The first-order valence-corrected chi connectivity index (χ1v) is 20.1. The Labute approximate surface area is 240 Å². The van der Waals surface area contributed by atoms with Crippen LogP contribution in [0.1, 0.15) is 83.1 Å². The van der Waals surface area contributed by atoms with Crippen molar-refractivity contribution in [2.24, 2.45) is 0 Å². The predicted octanol–water partition coefficient (Wildman–Crippen LogP) is 11.3. The van der Waals surface area contributed by atoms with Crippen LogP contribution >= 0.6 is 31.9 Å². The molecule has 0 heterocycles. The molecule has 0 aliphatic rings. The van der Waals surface area contributed by atoms with Crippen molar-refractivity contribution in [3.8, 4) is 0 Å². The molecule has 36 heavy (non-hydrogen) atoms. The molecule has 0 fully saturated rings. The highest BCUT2D eigenvalue weighted by molar-refractivity contribution is 9.10. The Morgan fingerprint density at radius 1 is 0.417 bits per heavy atom. The molecule has 0 amide bonds. The molecule has 0 saturated heterocycles. The lowest BCUT2D eigenvalue weighted by atomic mass is 10.0. The van der Waals surface area contributed by atoms with Gasteiger partial charge in [-0.15, -0.1) is 0 Å². The largest absolute Gasteiger partial charge is 0.0958 e. The van der Waals surface area contributed by atoms with Gasteiger partial charge in [0.1, 0.15) is 0 Å². The number of halogens is 2. The second kappa shape index (κ2) is 11.0. The zero-order valence-corrected chi connectivity index (χ0v) is 29.9. The molecule has 4 heteroatoms. The summed E-state index contributed by atoms with van der Waals surface area (Å²) in [5.74, 6) is 0. The number of benzene rings is 3. The maximum Gasteiger partial charge on any atom is 0.0958 e. The minimum Gasteiger partial charge on any atom is -0.0648 e. The van der Waals surface area contributed by atoms with E-state index in [4.69, 9.17) is 0 Å². The second-order valence-electron chi connectivity index (χ2n) is 12.9. The van der Waals surface area contributed by atoms with Gasteiger partial charge in [0.05, 0.1) is 16.1 Å². The molecule has 198 valence electrons. The van der Waals surface area contributed by atoms with Crippen molar-refractivity contribution in [3.05, 3.63) is 45.3 Å². The maximum atomic E-state index is 3.90. The lowest BCUT2D eigenvalue weighted by Gasteiger charge is -2.48. The SMILES string of the molecule is CC(C)[Si](c1c2ccc(Br)cc2c([Si](C(C)C)(C(C)C)C(C)C)c2ccc(Br)cc12)(C(C)C)C(C)C. The van der Waals surface area contributed by atoms with Crippen molar-refractivity contribution in [3.63, 3.8) is 0 Å². The molecule has 0 atom stereocenters. The fourth-order valence-corrected chi connectivity index (χ4v) is 23.7. The van der Waals surface area contributed by atoms with Crippen LogP contribution in [0.3, 0.4) is 0 Å². The van der Waals surface area contributed by atoms with Crippen LogP contribution in [0, 0.1) is 0 Å². The summed E-state index contributed by atoms with van der Waals surface area (Å²) in [7, 11) is -3.91. The molecule has 0 aliphatic heterocycles. The van der Waals surface area contributed by atoms with Gasteiger partial charge in [0, 0.05) is 8.95 Å². The zero-order valence-electron chi connectivity index (χ0n) is 24.7. The van der Waals surface area contributed by atoms with Crippen LogP contribution in [0.4, 0.5) is 0 Å².